The predicted octanol–water partition coefficient (Wildman–Crippen LogP) is 3.42. The topological polar surface area (TPSA) is 41.9 Å². The van der Waals surface area contributed by atoms with E-state index in [4.69, 9.17) is 9.47 Å². The smallest absolute Gasteiger partial charge is 0.387 e. The van der Waals surface area contributed by atoms with Gasteiger partial charge in [0.15, 0.2) is 11.5 Å². The first-order valence-electron chi connectivity index (χ1n) is 8.61. The second-order valence-electron chi connectivity index (χ2n) is 6.93. The number of para-hydroxylation sites is 1. The van der Waals surface area contributed by atoms with E-state index in [1.54, 1.807) is 6.07 Å². The fourth-order valence-electron chi connectivity index (χ4n) is 3.96. The van der Waals surface area contributed by atoms with Gasteiger partial charge in [0.1, 0.15) is 0 Å². The lowest BCUT2D eigenvalue weighted by atomic mass is 9.68. The van der Waals surface area contributed by atoms with Crippen molar-refractivity contribution < 1.29 is 23.4 Å². The molecule has 1 saturated heterocycles. The molecule has 1 aromatic carbocycles. The lowest BCUT2D eigenvalue weighted by molar-refractivity contribution is -0.0633. The molecule has 2 fully saturated rings. The Bertz CT molecular complexity index is 551. The molecular weight excluding hydrogens is 316 g/mol. The van der Waals surface area contributed by atoms with Crippen LogP contribution in [-0.4, -0.2) is 42.4 Å². The van der Waals surface area contributed by atoms with Crippen molar-refractivity contribution in [3.05, 3.63) is 23.8 Å². The van der Waals surface area contributed by atoms with Crippen molar-refractivity contribution in [3.8, 4) is 11.5 Å². The average Bonchev–Trinajstić information content (AvgIpc) is 2.51. The first-order valence-corrected chi connectivity index (χ1v) is 8.61. The van der Waals surface area contributed by atoms with E-state index in [2.05, 4.69) is 4.90 Å². The summed E-state index contributed by atoms with van der Waals surface area (Å²) in [7, 11) is 0. The zero-order chi connectivity index (χ0) is 17.2. The molecular formula is C18H25F2NO3. The zero-order valence-electron chi connectivity index (χ0n) is 14.0. The summed E-state index contributed by atoms with van der Waals surface area (Å²) in [5.74, 6) is 0.515. The highest BCUT2D eigenvalue weighted by Gasteiger charge is 2.44. The summed E-state index contributed by atoms with van der Waals surface area (Å²) in [6.07, 6.45) is 3.67. The third-order valence-electron chi connectivity index (χ3n) is 5.09. The minimum absolute atomic E-state index is 0.148. The van der Waals surface area contributed by atoms with Crippen LogP contribution in [0, 0.1) is 5.41 Å². The zero-order valence-corrected chi connectivity index (χ0v) is 14.0. The molecule has 1 saturated carbocycles. The van der Waals surface area contributed by atoms with Gasteiger partial charge in [0.05, 0.1) is 12.7 Å². The maximum Gasteiger partial charge on any atom is 0.387 e. The van der Waals surface area contributed by atoms with Crippen LogP contribution in [0.15, 0.2) is 18.2 Å². The molecule has 3 rings (SSSR count). The minimum atomic E-state index is -2.87. The molecule has 1 aromatic rings. The number of hydrogen-bond donors (Lipinski definition) is 1. The Morgan fingerprint density at radius 1 is 1.29 bits per heavy atom. The molecule has 1 N–H and O–H groups in total. The Labute approximate surface area is 141 Å². The van der Waals surface area contributed by atoms with Gasteiger partial charge in [0.2, 0.25) is 0 Å². The maximum absolute atomic E-state index is 12.8. The summed E-state index contributed by atoms with van der Waals surface area (Å²) in [6, 6.07) is 5.28. The van der Waals surface area contributed by atoms with Crippen LogP contribution >= 0.6 is 0 Å². The number of ether oxygens (including phenoxy) is 2. The lowest BCUT2D eigenvalue weighted by Crippen LogP contribution is -2.57. The quantitative estimate of drug-likeness (QED) is 0.861. The number of hydrogen-bond acceptors (Lipinski definition) is 4. The number of likely N-dealkylation sites (tertiary alicyclic amines) is 1. The van der Waals surface area contributed by atoms with Crippen molar-refractivity contribution in [2.45, 2.75) is 51.9 Å². The molecule has 0 radical (unpaired) electrons. The second-order valence-corrected chi connectivity index (χ2v) is 6.93. The summed E-state index contributed by atoms with van der Waals surface area (Å²) >= 11 is 0. The molecule has 0 bridgehead atoms. The standard InChI is InChI=1S/C18H25F2NO3/c1-2-23-15-5-3-4-13(16(15)24-17(19)20)10-21-11-18(12-21)8-6-14(22)7-9-18/h3-5,14,17,22H,2,6-12H2,1H3. The third-order valence-corrected chi connectivity index (χ3v) is 5.09. The van der Waals surface area contributed by atoms with E-state index >= 15 is 0 Å². The van der Waals surface area contributed by atoms with Crippen molar-refractivity contribution in [2.24, 2.45) is 5.41 Å². The molecule has 1 heterocycles. The van der Waals surface area contributed by atoms with E-state index in [1.807, 2.05) is 19.1 Å². The molecule has 6 heteroatoms. The van der Waals surface area contributed by atoms with Crippen LogP contribution in [0.4, 0.5) is 8.78 Å². The maximum atomic E-state index is 12.8. The Balaban J connectivity index is 1.66. The van der Waals surface area contributed by atoms with Crippen LogP contribution in [-0.2, 0) is 6.54 Å². The fraction of sp³-hybridized carbons (Fsp3) is 0.667. The molecule has 2 aliphatic rings. The van der Waals surface area contributed by atoms with E-state index in [-0.39, 0.29) is 11.9 Å². The van der Waals surface area contributed by atoms with Crippen molar-refractivity contribution in [1.82, 2.24) is 4.90 Å². The molecule has 134 valence electrons. The van der Waals surface area contributed by atoms with Crippen LogP contribution in [0.2, 0.25) is 0 Å². The average molecular weight is 341 g/mol. The van der Waals surface area contributed by atoms with Gasteiger partial charge in [-0.2, -0.15) is 8.78 Å². The molecule has 0 aromatic heterocycles. The van der Waals surface area contributed by atoms with Gasteiger partial charge in [0, 0.05) is 25.2 Å². The van der Waals surface area contributed by atoms with Crippen LogP contribution in [0.3, 0.4) is 0 Å². The highest BCUT2D eigenvalue weighted by Crippen LogP contribution is 2.45. The predicted molar refractivity (Wildman–Crippen MR) is 86.4 cm³/mol. The van der Waals surface area contributed by atoms with Gasteiger partial charge < -0.3 is 14.6 Å². The summed E-state index contributed by atoms with van der Waals surface area (Å²) in [5.41, 5.74) is 1.03. The Morgan fingerprint density at radius 3 is 2.62 bits per heavy atom. The van der Waals surface area contributed by atoms with Gasteiger partial charge in [-0.25, -0.2) is 0 Å². The van der Waals surface area contributed by atoms with Crippen molar-refractivity contribution in [1.29, 1.82) is 0 Å². The number of halogens is 2. The SMILES string of the molecule is CCOc1cccc(CN2CC3(CCC(O)CC3)C2)c1OC(F)F. The number of aliphatic hydroxyl groups is 1. The van der Waals surface area contributed by atoms with Crippen molar-refractivity contribution in [3.63, 3.8) is 0 Å². The van der Waals surface area contributed by atoms with Crippen LogP contribution < -0.4 is 9.47 Å². The number of rotatable bonds is 6. The van der Waals surface area contributed by atoms with Crippen LogP contribution in [0.25, 0.3) is 0 Å². The van der Waals surface area contributed by atoms with Crippen molar-refractivity contribution >= 4 is 0 Å². The number of benzene rings is 1. The van der Waals surface area contributed by atoms with Gasteiger partial charge >= 0.3 is 6.61 Å². The second kappa shape index (κ2) is 7.23. The molecule has 0 atom stereocenters. The highest BCUT2D eigenvalue weighted by molar-refractivity contribution is 5.46. The molecule has 0 amide bonds. The number of alkyl halides is 2. The fourth-order valence-corrected chi connectivity index (χ4v) is 3.96. The van der Waals surface area contributed by atoms with E-state index in [9.17, 15) is 13.9 Å². The summed E-state index contributed by atoms with van der Waals surface area (Å²) in [4.78, 5) is 2.25. The van der Waals surface area contributed by atoms with Gasteiger partial charge in [-0.1, -0.05) is 12.1 Å². The van der Waals surface area contributed by atoms with Crippen LogP contribution in [0.5, 0.6) is 11.5 Å². The molecule has 24 heavy (non-hydrogen) atoms. The molecule has 1 aliphatic carbocycles. The van der Waals surface area contributed by atoms with Gasteiger partial charge in [-0.05, 0) is 44.1 Å². The van der Waals surface area contributed by atoms with Crippen molar-refractivity contribution in [2.75, 3.05) is 19.7 Å². The van der Waals surface area contributed by atoms with E-state index in [0.29, 0.717) is 24.3 Å². The Hall–Kier alpha value is -1.40. The summed E-state index contributed by atoms with van der Waals surface area (Å²) in [6.45, 7) is 1.83. The first kappa shape index (κ1) is 17.4. The van der Waals surface area contributed by atoms with Crippen LogP contribution in [0.1, 0.15) is 38.2 Å². The molecule has 1 spiro atoms. The minimum Gasteiger partial charge on any atom is -0.490 e. The molecule has 0 unspecified atom stereocenters. The number of nitrogens with zero attached hydrogens (tertiary/aromatic N) is 1. The third kappa shape index (κ3) is 3.81. The van der Waals surface area contributed by atoms with E-state index < -0.39 is 6.61 Å². The summed E-state index contributed by atoms with van der Waals surface area (Å²) < 4.78 is 35.7. The van der Waals surface area contributed by atoms with E-state index in [0.717, 1.165) is 44.3 Å². The first-order chi connectivity index (χ1) is 11.5. The molecule has 4 nitrogen and oxygen atoms in total. The largest absolute Gasteiger partial charge is 0.490 e. The normalized spacial score (nSPS) is 21.0. The Kier molecular flexibility index (Phi) is 5.25. The Morgan fingerprint density at radius 2 is 2.00 bits per heavy atom. The van der Waals surface area contributed by atoms with E-state index in [1.165, 1.54) is 0 Å². The monoisotopic (exact) mass is 341 g/mol. The van der Waals surface area contributed by atoms with Gasteiger partial charge in [-0.15, -0.1) is 0 Å². The van der Waals surface area contributed by atoms with Gasteiger partial charge in [0.25, 0.3) is 0 Å². The summed E-state index contributed by atoms with van der Waals surface area (Å²) in [5, 5.41) is 9.65. The molecule has 1 aliphatic heterocycles. The lowest BCUT2D eigenvalue weighted by Gasteiger charge is -2.53. The highest BCUT2D eigenvalue weighted by atomic mass is 19.3. The van der Waals surface area contributed by atoms with Gasteiger partial charge in [-0.3, -0.25) is 4.90 Å². The number of aliphatic hydroxyl groups excluding tert-OH is 1.